The Morgan fingerprint density at radius 2 is 1.67 bits per heavy atom. The number of aliphatic carboxylic acids is 1. The van der Waals surface area contributed by atoms with Crippen LogP contribution in [0.2, 0.25) is 0 Å². The number of hydrogen-bond donors (Lipinski definition) is 1. The van der Waals surface area contributed by atoms with Crippen LogP contribution in [0, 0.1) is 0 Å². The summed E-state index contributed by atoms with van der Waals surface area (Å²) in [5.41, 5.74) is -1.24. The summed E-state index contributed by atoms with van der Waals surface area (Å²) in [6.45, 7) is 13.0. The van der Waals surface area contributed by atoms with E-state index in [0.717, 1.165) is 0 Å². The molecule has 0 aliphatic carbocycles. The van der Waals surface area contributed by atoms with Crippen molar-refractivity contribution in [3.8, 4) is 0 Å². The lowest BCUT2D eigenvalue weighted by molar-refractivity contribution is -0.147. The molecule has 0 heterocycles. The molecule has 0 unspecified atom stereocenters. The molecule has 0 aliphatic heterocycles. The quantitative estimate of drug-likeness (QED) is 0.706. The van der Waals surface area contributed by atoms with Gasteiger partial charge in [0.2, 0.25) is 0 Å². The van der Waals surface area contributed by atoms with E-state index in [1.807, 2.05) is 0 Å². The van der Waals surface area contributed by atoms with Crippen LogP contribution < -0.4 is 0 Å². The molecule has 0 aromatic heterocycles. The topological polar surface area (TPSA) is 60.9 Å². The summed E-state index contributed by atoms with van der Waals surface area (Å²) < 4.78 is 0. The highest BCUT2D eigenvalue weighted by Gasteiger charge is 2.38. The van der Waals surface area contributed by atoms with E-state index in [2.05, 4.69) is 13.2 Å². The lowest BCUT2D eigenvalue weighted by Gasteiger charge is -2.37. The van der Waals surface area contributed by atoms with E-state index in [-0.39, 0.29) is 6.03 Å². The van der Waals surface area contributed by atoms with Crippen LogP contribution in [0.15, 0.2) is 25.3 Å². The molecule has 0 aromatic rings. The second-order valence-electron chi connectivity index (χ2n) is 4.37. The molecular weight excluding hydrogens is 232 g/mol. The monoisotopic (exact) mass is 254 g/mol. The highest BCUT2D eigenvalue weighted by atomic mass is 16.4. The number of carboxylic acids is 1. The van der Waals surface area contributed by atoms with Crippen molar-refractivity contribution < 1.29 is 14.7 Å². The third-order valence-electron chi connectivity index (χ3n) is 2.71. The number of carbonyl (C=O) groups is 2. The van der Waals surface area contributed by atoms with Gasteiger partial charge in [0.05, 0.1) is 0 Å². The van der Waals surface area contributed by atoms with E-state index in [0.29, 0.717) is 19.6 Å². The number of nitrogens with zero attached hydrogens (tertiary/aromatic N) is 2. The molecular formula is C13H22N2O3. The summed E-state index contributed by atoms with van der Waals surface area (Å²) in [5.74, 6) is -1.03. The molecule has 0 rings (SSSR count). The van der Waals surface area contributed by atoms with Gasteiger partial charge in [0.15, 0.2) is 0 Å². The molecule has 0 bridgehead atoms. The van der Waals surface area contributed by atoms with Crippen molar-refractivity contribution in [3.05, 3.63) is 25.3 Å². The molecule has 0 spiro atoms. The first kappa shape index (κ1) is 16.2. The maximum Gasteiger partial charge on any atom is 0.329 e. The van der Waals surface area contributed by atoms with E-state index in [1.165, 1.54) is 23.6 Å². The fourth-order valence-corrected chi connectivity index (χ4v) is 1.60. The fourth-order valence-electron chi connectivity index (χ4n) is 1.60. The molecule has 0 atom stereocenters. The SMILES string of the molecule is C=CCN(CC=C)C(=O)N(CC)C(C)(C)C(=O)O. The van der Waals surface area contributed by atoms with Gasteiger partial charge in [-0.25, -0.2) is 9.59 Å². The third-order valence-corrected chi connectivity index (χ3v) is 2.71. The van der Waals surface area contributed by atoms with Gasteiger partial charge < -0.3 is 14.9 Å². The van der Waals surface area contributed by atoms with Crippen LogP contribution in [-0.4, -0.2) is 52.1 Å². The number of carbonyl (C=O) groups excluding carboxylic acids is 1. The Morgan fingerprint density at radius 3 is 1.94 bits per heavy atom. The van der Waals surface area contributed by atoms with Gasteiger partial charge in [-0.2, -0.15) is 0 Å². The smallest absolute Gasteiger partial charge is 0.329 e. The van der Waals surface area contributed by atoms with Gasteiger partial charge in [-0.15, -0.1) is 13.2 Å². The minimum atomic E-state index is -1.24. The summed E-state index contributed by atoms with van der Waals surface area (Å²) in [6, 6.07) is -0.329. The molecule has 0 radical (unpaired) electrons. The molecule has 2 amide bonds. The van der Waals surface area contributed by atoms with Crippen molar-refractivity contribution >= 4 is 12.0 Å². The second kappa shape index (κ2) is 6.83. The van der Waals surface area contributed by atoms with Crippen molar-refractivity contribution in [2.75, 3.05) is 19.6 Å². The Morgan fingerprint density at radius 1 is 1.22 bits per heavy atom. The van der Waals surface area contributed by atoms with E-state index in [9.17, 15) is 14.7 Å². The van der Waals surface area contributed by atoms with Crippen LogP contribution in [0.25, 0.3) is 0 Å². The van der Waals surface area contributed by atoms with E-state index < -0.39 is 11.5 Å². The number of likely N-dealkylation sites (N-methyl/N-ethyl adjacent to an activating group) is 1. The fraction of sp³-hybridized carbons (Fsp3) is 0.538. The summed E-state index contributed by atoms with van der Waals surface area (Å²) in [6.07, 6.45) is 3.20. The highest BCUT2D eigenvalue weighted by molar-refractivity contribution is 5.85. The summed E-state index contributed by atoms with van der Waals surface area (Å²) >= 11 is 0. The lowest BCUT2D eigenvalue weighted by atomic mass is 10.0. The highest BCUT2D eigenvalue weighted by Crippen LogP contribution is 2.17. The first-order valence-corrected chi connectivity index (χ1v) is 5.84. The van der Waals surface area contributed by atoms with Gasteiger partial charge in [0.25, 0.3) is 0 Å². The molecule has 0 saturated carbocycles. The molecule has 0 fully saturated rings. The first-order valence-electron chi connectivity index (χ1n) is 5.84. The van der Waals surface area contributed by atoms with Gasteiger partial charge in [-0.05, 0) is 20.8 Å². The molecule has 0 saturated heterocycles. The molecule has 5 heteroatoms. The maximum atomic E-state index is 12.3. The Labute approximate surface area is 108 Å². The van der Waals surface area contributed by atoms with Gasteiger partial charge >= 0.3 is 12.0 Å². The van der Waals surface area contributed by atoms with Crippen molar-refractivity contribution in [1.82, 2.24) is 9.80 Å². The normalized spacial score (nSPS) is 10.6. The maximum absolute atomic E-state index is 12.3. The van der Waals surface area contributed by atoms with Crippen LogP contribution in [0.5, 0.6) is 0 Å². The van der Waals surface area contributed by atoms with Crippen molar-refractivity contribution in [2.45, 2.75) is 26.3 Å². The van der Waals surface area contributed by atoms with Crippen LogP contribution in [0.1, 0.15) is 20.8 Å². The minimum absolute atomic E-state index is 0.322. The molecule has 102 valence electrons. The molecule has 1 N–H and O–H groups in total. The van der Waals surface area contributed by atoms with E-state index in [1.54, 1.807) is 19.1 Å². The standard InChI is InChI=1S/C13H22N2O3/c1-6-9-14(10-7-2)12(18)15(8-3)13(4,5)11(16)17/h6-7H,1-2,8-10H2,3-5H3,(H,16,17). The van der Waals surface area contributed by atoms with Crippen LogP contribution >= 0.6 is 0 Å². The average molecular weight is 254 g/mol. The Balaban J connectivity index is 5.14. The predicted molar refractivity (Wildman–Crippen MR) is 71.5 cm³/mol. The number of carboxylic acid groups (broad SMARTS) is 1. The Bertz CT molecular complexity index is 327. The predicted octanol–water partition coefficient (Wildman–Crippen LogP) is 1.97. The van der Waals surface area contributed by atoms with Crippen molar-refractivity contribution in [2.24, 2.45) is 0 Å². The first-order chi connectivity index (χ1) is 8.32. The Hall–Kier alpha value is -1.78. The summed E-state index contributed by atoms with van der Waals surface area (Å²) in [7, 11) is 0. The number of amides is 2. The van der Waals surface area contributed by atoms with Crippen LogP contribution in [-0.2, 0) is 4.79 Å². The van der Waals surface area contributed by atoms with Gasteiger partial charge in [0.1, 0.15) is 5.54 Å². The zero-order valence-corrected chi connectivity index (χ0v) is 11.3. The summed E-state index contributed by atoms with van der Waals surface area (Å²) in [4.78, 5) is 26.3. The zero-order chi connectivity index (χ0) is 14.3. The molecule has 18 heavy (non-hydrogen) atoms. The average Bonchev–Trinajstić information content (AvgIpc) is 2.28. The van der Waals surface area contributed by atoms with Crippen molar-refractivity contribution in [1.29, 1.82) is 0 Å². The largest absolute Gasteiger partial charge is 0.480 e. The zero-order valence-electron chi connectivity index (χ0n) is 11.3. The number of hydrogen-bond acceptors (Lipinski definition) is 2. The second-order valence-corrected chi connectivity index (χ2v) is 4.37. The number of rotatable bonds is 7. The van der Waals surface area contributed by atoms with Crippen LogP contribution in [0.3, 0.4) is 0 Å². The lowest BCUT2D eigenvalue weighted by Crippen LogP contribution is -2.57. The third kappa shape index (κ3) is 3.61. The van der Waals surface area contributed by atoms with E-state index in [4.69, 9.17) is 0 Å². The molecule has 5 nitrogen and oxygen atoms in total. The Kier molecular flexibility index (Phi) is 6.16. The van der Waals surface area contributed by atoms with Gasteiger partial charge in [-0.3, -0.25) is 0 Å². The van der Waals surface area contributed by atoms with E-state index >= 15 is 0 Å². The minimum Gasteiger partial charge on any atom is -0.480 e. The molecule has 0 aromatic carbocycles. The van der Waals surface area contributed by atoms with Crippen LogP contribution in [0.4, 0.5) is 4.79 Å². The summed E-state index contributed by atoms with van der Waals surface area (Å²) in [5, 5.41) is 9.18. The molecule has 0 aliphatic rings. The van der Waals surface area contributed by atoms with Gasteiger partial charge in [0, 0.05) is 19.6 Å². The van der Waals surface area contributed by atoms with Crippen molar-refractivity contribution in [3.63, 3.8) is 0 Å². The number of urea groups is 1. The van der Waals surface area contributed by atoms with Gasteiger partial charge in [-0.1, -0.05) is 12.2 Å².